The second-order valence-electron chi connectivity index (χ2n) is 8.03. The van der Waals surface area contributed by atoms with Crippen molar-refractivity contribution in [1.29, 1.82) is 0 Å². The molecule has 0 heterocycles. The van der Waals surface area contributed by atoms with Crippen LogP contribution in [0, 0.1) is 0 Å². The number of carbonyl (C=O) groups is 2. The lowest BCUT2D eigenvalue weighted by Crippen LogP contribution is -2.53. The average Bonchev–Trinajstić information content (AvgIpc) is 2.70. The fourth-order valence-corrected chi connectivity index (χ4v) is 3.01. The quantitative estimate of drug-likeness (QED) is 0.620. The van der Waals surface area contributed by atoms with Crippen LogP contribution in [0.5, 0.6) is 11.5 Å². The van der Waals surface area contributed by atoms with E-state index in [9.17, 15) is 9.59 Å². The average molecular weight is 477 g/mol. The molecule has 0 spiro atoms. The van der Waals surface area contributed by atoms with Crippen LogP contribution in [0.25, 0.3) is 0 Å². The van der Waals surface area contributed by atoms with Crippen LogP contribution in [0.1, 0.15) is 33.3 Å². The summed E-state index contributed by atoms with van der Waals surface area (Å²) in [6.45, 7) is 7.57. The number of halogens is 1. The third-order valence-corrected chi connectivity index (χ3v) is 4.88. The Morgan fingerprint density at radius 2 is 1.60 bits per heavy atom. The number of ether oxygens (including phenoxy) is 2. The predicted octanol–water partition coefficient (Wildman–Crippen LogP) is 4.17. The lowest BCUT2D eigenvalue weighted by molar-refractivity contribution is -0.142. The molecular formula is C23H29BrN2O4. The molecule has 7 heteroatoms. The summed E-state index contributed by atoms with van der Waals surface area (Å²) >= 11 is 3.37. The van der Waals surface area contributed by atoms with Crippen molar-refractivity contribution in [3.05, 3.63) is 58.6 Å². The molecule has 0 radical (unpaired) electrons. The van der Waals surface area contributed by atoms with E-state index in [4.69, 9.17) is 9.47 Å². The fourth-order valence-electron chi connectivity index (χ4n) is 2.74. The molecule has 0 aliphatic rings. The van der Waals surface area contributed by atoms with Crippen LogP contribution < -0.4 is 14.8 Å². The number of nitrogens with one attached hydrogen (secondary N) is 1. The van der Waals surface area contributed by atoms with E-state index in [0.717, 1.165) is 15.8 Å². The molecule has 0 aliphatic heterocycles. The van der Waals surface area contributed by atoms with Gasteiger partial charge in [-0.2, -0.15) is 0 Å². The maximum absolute atomic E-state index is 13.0. The topological polar surface area (TPSA) is 67.9 Å². The molecule has 0 saturated carbocycles. The number of benzene rings is 2. The summed E-state index contributed by atoms with van der Waals surface area (Å²) < 4.78 is 11.8. The Hall–Kier alpha value is -2.54. The van der Waals surface area contributed by atoms with Gasteiger partial charge in [0.2, 0.25) is 5.91 Å². The summed E-state index contributed by atoms with van der Waals surface area (Å²) in [6.07, 6.45) is 0. The number of hydrogen-bond acceptors (Lipinski definition) is 4. The predicted molar refractivity (Wildman–Crippen MR) is 121 cm³/mol. The number of nitrogens with zero attached hydrogens (tertiary/aromatic N) is 1. The van der Waals surface area contributed by atoms with Crippen LogP contribution in [0.3, 0.4) is 0 Å². The van der Waals surface area contributed by atoms with Crippen molar-refractivity contribution < 1.29 is 19.1 Å². The van der Waals surface area contributed by atoms with Crippen molar-refractivity contribution in [3.63, 3.8) is 0 Å². The fraction of sp³-hybridized carbons (Fsp3) is 0.391. The second kappa shape index (κ2) is 10.5. The molecule has 2 aromatic carbocycles. The van der Waals surface area contributed by atoms with Gasteiger partial charge in [0.25, 0.3) is 5.91 Å². The van der Waals surface area contributed by atoms with Crippen LogP contribution in [-0.2, 0) is 16.1 Å². The molecule has 0 unspecified atom stereocenters. The van der Waals surface area contributed by atoms with Crippen molar-refractivity contribution in [1.82, 2.24) is 10.2 Å². The van der Waals surface area contributed by atoms with Gasteiger partial charge in [0.15, 0.2) is 6.61 Å². The Morgan fingerprint density at radius 1 is 1.03 bits per heavy atom. The zero-order chi connectivity index (χ0) is 22.3. The lowest BCUT2D eigenvalue weighted by Gasteiger charge is -2.31. The second-order valence-corrected chi connectivity index (χ2v) is 8.94. The Bertz CT molecular complexity index is 845. The number of carbonyl (C=O) groups excluding carboxylic acids is 2. The summed E-state index contributed by atoms with van der Waals surface area (Å²) in [4.78, 5) is 27.3. The Labute approximate surface area is 186 Å². The van der Waals surface area contributed by atoms with Crippen molar-refractivity contribution in [2.24, 2.45) is 0 Å². The van der Waals surface area contributed by atoms with Crippen LogP contribution in [0.15, 0.2) is 53.0 Å². The summed E-state index contributed by atoms with van der Waals surface area (Å²) in [5.74, 6) is 0.828. The van der Waals surface area contributed by atoms with Gasteiger partial charge < -0.3 is 19.7 Å². The lowest BCUT2D eigenvalue weighted by atomic mass is 10.1. The molecule has 2 rings (SSSR count). The number of hydrogen-bond donors (Lipinski definition) is 1. The molecule has 2 amide bonds. The zero-order valence-corrected chi connectivity index (χ0v) is 19.7. The SMILES string of the molecule is COc1ccc(CN(C(=O)COc2ccc(Br)cc2)[C@@H](C)C(=O)NC(C)(C)C)cc1. The molecule has 0 aromatic heterocycles. The van der Waals surface area contributed by atoms with Gasteiger partial charge in [0.1, 0.15) is 17.5 Å². The van der Waals surface area contributed by atoms with Crippen LogP contribution in [-0.4, -0.2) is 42.0 Å². The van der Waals surface area contributed by atoms with Gasteiger partial charge in [-0.1, -0.05) is 28.1 Å². The Balaban J connectivity index is 2.16. The zero-order valence-electron chi connectivity index (χ0n) is 18.1. The summed E-state index contributed by atoms with van der Waals surface area (Å²) in [7, 11) is 1.60. The van der Waals surface area contributed by atoms with E-state index in [1.54, 1.807) is 26.2 Å². The molecule has 0 fully saturated rings. The van der Waals surface area contributed by atoms with Crippen molar-refractivity contribution >= 4 is 27.7 Å². The molecule has 1 N–H and O–H groups in total. The first kappa shape index (κ1) is 23.7. The number of methoxy groups -OCH3 is 1. The molecule has 6 nitrogen and oxygen atoms in total. The highest BCUT2D eigenvalue weighted by molar-refractivity contribution is 9.10. The molecule has 0 aliphatic carbocycles. The van der Waals surface area contributed by atoms with Gasteiger partial charge in [-0.05, 0) is 69.7 Å². The summed E-state index contributed by atoms with van der Waals surface area (Å²) in [5, 5.41) is 2.94. The van der Waals surface area contributed by atoms with Gasteiger partial charge in [-0.25, -0.2) is 0 Å². The van der Waals surface area contributed by atoms with E-state index in [1.807, 2.05) is 57.2 Å². The van der Waals surface area contributed by atoms with Gasteiger partial charge in [0, 0.05) is 16.6 Å². The van der Waals surface area contributed by atoms with Gasteiger partial charge >= 0.3 is 0 Å². The first-order valence-corrected chi connectivity index (χ1v) is 10.5. The molecule has 1 atom stereocenters. The van der Waals surface area contributed by atoms with Gasteiger partial charge in [-0.3, -0.25) is 9.59 Å². The summed E-state index contributed by atoms with van der Waals surface area (Å²) in [6, 6.07) is 14.0. The standard InChI is InChI=1S/C23H29BrN2O4/c1-16(22(28)25-23(2,3)4)26(14-17-6-10-19(29-5)11-7-17)21(27)15-30-20-12-8-18(24)9-13-20/h6-13,16H,14-15H2,1-5H3,(H,25,28)/t16-/m0/s1. The van der Waals surface area contributed by atoms with Crippen LogP contribution >= 0.6 is 15.9 Å². The smallest absolute Gasteiger partial charge is 0.261 e. The van der Waals surface area contributed by atoms with E-state index in [0.29, 0.717) is 5.75 Å². The minimum atomic E-state index is -0.660. The first-order chi connectivity index (χ1) is 14.1. The molecule has 162 valence electrons. The third kappa shape index (κ3) is 7.37. The molecule has 30 heavy (non-hydrogen) atoms. The normalized spacial score (nSPS) is 12.1. The van der Waals surface area contributed by atoms with Gasteiger partial charge in [0.05, 0.1) is 7.11 Å². The number of rotatable bonds is 8. The highest BCUT2D eigenvalue weighted by atomic mass is 79.9. The van der Waals surface area contributed by atoms with Gasteiger partial charge in [-0.15, -0.1) is 0 Å². The largest absolute Gasteiger partial charge is 0.497 e. The molecule has 0 saturated heterocycles. The van der Waals surface area contributed by atoms with E-state index in [1.165, 1.54) is 4.90 Å². The van der Waals surface area contributed by atoms with E-state index in [-0.39, 0.29) is 25.0 Å². The minimum Gasteiger partial charge on any atom is -0.497 e. The van der Waals surface area contributed by atoms with E-state index in [2.05, 4.69) is 21.2 Å². The molecular weight excluding hydrogens is 448 g/mol. The minimum absolute atomic E-state index is 0.162. The van der Waals surface area contributed by atoms with Crippen LogP contribution in [0.4, 0.5) is 0 Å². The summed E-state index contributed by atoms with van der Waals surface area (Å²) in [5.41, 5.74) is 0.497. The monoisotopic (exact) mass is 476 g/mol. The van der Waals surface area contributed by atoms with Crippen molar-refractivity contribution in [2.75, 3.05) is 13.7 Å². The van der Waals surface area contributed by atoms with Crippen molar-refractivity contribution in [3.8, 4) is 11.5 Å². The maximum Gasteiger partial charge on any atom is 0.261 e. The molecule has 2 aromatic rings. The highest BCUT2D eigenvalue weighted by Gasteiger charge is 2.28. The van der Waals surface area contributed by atoms with E-state index >= 15 is 0 Å². The van der Waals surface area contributed by atoms with Crippen LogP contribution in [0.2, 0.25) is 0 Å². The molecule has 0 bridgehead atoms. The Kier molecular flexibility index (Phi) is 8.29. The third-order valence-electron chi connectivity index (χ3n) is 4.35. The maximum atomic E-state index is 13.0. The Morgan fingerprint density at radius 3 is 2.13 bits per heavy atom. The first-order valence-electron chi connectivity index (χ1n) is 9.72. The number of amides is 2. The highest BCUT2D eigenvalue weighted by Crippen LogP contribution is 2.18. The van der Waals surface area contributed by atoms with E-state index < -0.39 is 11.6 Å². The van der Waals surface area contributed by atoms with Crippen molar-refractivity contribution in [2.45, 2.75) is 45.8 Å².